The Bertz CT molecular complexity index is 754. The lowest BCUT2D eigenvalue weighted by molar-refractivity contribution is 0.425. The van der Waals surface area contributed by atoms with E-state index in [9.17, 15) is 0 Å². The molecule has 0 bridgehead atoms. The summed E-state index contributed by atoms with van der Waals surface area (Å²) in [5.74, 6) is 0.879. The van der Waals surface area contributed by atoms with Gasteiger partial charge in [-0.3, -0.25) is 0 Å². The van der Waals surface area contributed by atoms with Gasteiger partial charge in [0.2, 0.25) is 0 Å². The highest BCUT2D eigenvalue weighted by Crippen LogP contribution is 2.52. The molecule has 4 heteroatoms. The minimum absolute atomic E-state index is 0.263. The van der Waals surface area contributed by atoms with Gasteiger partial charge in [-0.2, -0.15) is 0 Å². The minimum atomic E-state index is 0.263. The van der Waals surface area contributed by atoms with Crippen LogP contribution < -0.4 is 5.32 Å². The molecule has 1 aliphatic carbocycles. The van der Waals surface area contributed by atoms with Gasteiger partial charge in [-0.05, 0) is 47.7 Å². The van der Waals surface area contributed by atoms with Crippen molar-refractivity contribution in [3.63, 3.8) is 0 Å². The van der Waals surface area contributed by atoms with E-state index in [-0.39, 0.29) is 6.04 Å². The van der Waals surface area contributed by atoms with Crippen LogP contribution >= 0.6 is 39.1 Å². The van der Waals surface area contributed by atoms with Gasteiger partial charge < -0.3 is 5.32 Å². The van der Waals surface area contributed by atoms with Gasteiger partial charge in [-0.25, -0.2) is 0 Å². The number of anilines is 1. The van der Waals surface area contributed by atoms with E-state index >= 15 is 0 Å². The monoisotopic (exact) mass is 393 g/mol. The third kappa shape index (κ3) is 2.38. The molecule has 1 N–H and O–H groups in total. The van der Waals surface area contributed by atoms with Crippen molar-refractivity contribution in [1.82, 2.24) is 0 Å². The molecule has 1 nitrogen and oxygen atoms in total. The van der Waals surface area contributed by atoms with E-state index < -0.39 is 0 Å². The first-order valence-corrected chi connectivity index (χ1v) is 8.86. The van der Waals surface area contributed by atoms with Crippen LogP contribution in [0.2, 0.25) is 10.0 Å². The molecule has 0 aromatic heterocycles. The first kappa shape index (κ1) is 14.6. The number of fused-ring (bicyclic) bond motifs is 3. The second-order valence-electron chi connectivity index (χ2n) is 5.88. The van der Waals surface area contributed by atoms with Crippen molar-refractivity contribution in [3.8, 4) is 0 Å². The molecule has 0 spiro atoms. The molecule has 0 fully saturated rings. The molecule has 112 valence electrons. The molecule has 0 radical (unpaired) electrons. The van der Waals surface area contributed by atoms with Crippen molar-refractivity contribution in [2.24, 2.45) is 5.92 Å². The van der Waals surface area contributed by atoms with E-state index in [4.69, 9.17) is 23.2 Å². The first-order valence-electron chi connectivity index (χ1n) is 7.31. The van der Waals surface area contributed by atoms with Crippen LogP contribution in [0.25, 0.3) is 0 Å². The summed E-state index contributed by atoms with van der Waals surface area (Å²) in [6, 6.07) is 12.6. The third-order valence-electron chi connectivity index (χ3n) is 4.61. The van der Waals surface area contributed by atoms with E-state index in [0.717, 1.165) is 16.6 Å². The molecule has 0 amide bonds. The molecule has 0 saturated carbocycles. The number of rotatable bonds is 1. The zero-order valence-electron chi connectivity index (χ0n) is 11.7. The molecule has 0 saturated heterocycles. The van der Waals surface area contributed by atoms with Crippen LogP contribution in [0.15, 0.2) is 53.0 Å². The van der Waals surface area contributed by atoms with Gasteiger partial charge in [0, 0.05) is 15.4 Å². The van der Waals surface area contributed by atoms with Gasteiger partial charge in [-0.1, -0.05) is 63.4 Å². The summed E-state index contributed by atoms with van der Waals surface area (Å²) in [6.45, 7) is 0. The van der Waals surface area contributed by atoms with Crippen molar-refractivity contribution in [2.45, 2.75) is 18.4 Å². The second kappa shape index (κ2) is 5.59. The highest BCUT2D eigenvalue weighted by atomic mass is 79.9. The fourth-order valence-corrected chi connectivity index (χ4v) is 4.45. The van der Waals surface area contributed by atoms with Gasteiger partial charge in [0.15, 0.2) is 0 Å². The quantitative estimate of drug-likeness (QED) is 0.538. The predicted molar refractivity (Wildman–Crippen MR) is 97.0 cm³/mol. The SMILES string of the molecule is Clc1cc(Cl)c2c(c1)[C@H]1C=CC[C@H]1[C@H](c1ccc(Br)cc1)N2. The zero-order valence-corrected chi connectivity index (χ0v) is 14.8. The topological polar surface area (TPSA) is 12.0 Å². The van der Waals surface area contributed by atoms with Gasteiger partial charge in [-0.15, -0.1) is 0 Å². The number of benzene rings is 2. The van der Waals surface area contributed by atoms with Crippen LogP contribution in [0, 0.1) is 5.92 Å². The number of hydrogen-bond donors (Lipinski definition) is 1. The van der Waals surface area contributed by atoms with Crippen molar-refractivity contribution in [1.29, 1.82) is 0 Å². The lowest BCUT2D eigenvalue weighted by Crippen LogP contribution is -2.29. The Balaban J connectivity index is 1.82. The Morgan fingerprint density at radius 3 is 2.64 bits per heavy atom. The Labute approximate surface area is 148 Å². The molecule has 2 aliphatic rings. The Morgan fingerprint density at radius 2 is 1.86 bits per heavy atom. The zero-order chi connectivity index (χ0) is 15.3. The van der Waals surface area contributed by atoms with Crippen LogP contribution in [-0.2, 0) is 0 Å². The maximum absolute atomic E-state index is 6.44. The molecule has 1 heterocycles. The summed E-state index contributed by atoms with van der Waals surface area (Å²) < 4.78 is 1.10. The maximum atomic E-state index is 6.44. The summed E-state index contributed by atoms with van der Waals surface area (Å²) in [4.78, 5) is 0. The summed E-state index contributed by atoms with van der Waals surface area (Å²) >= 11 is 16.1. The third-order valence-corrected chi connectivity index (χ3v) is 5.66. The van der Waals surface area contributed by atoms with E-state index in [1.54, 1.807) is 0 Å². The summed E-state index contributed by atoms with van der Waals surface area (Å²) in [5.41, 5.74) is 3.52. The van der Waals surface area contributed by atoms with E-state index in [1.807, 2.05) is 12.1 Å². The molecule has 3 atom stereocenters. The smallest absolute Gasteiger partial charge is 0.0655 e. The minimum Gasteiger partial charge on any atom is -0.376 e. The van der Waals surface area contributed by atoms with Gasteiger partial charge in [0.25, 0.3) is 0 Å². The Kier molecular flexibility index (Phi) is 3.72. The Hall–Kier alpha value is -0.960. The van der Waals surface area contributed by atoms with Crippen molar-refractivity contribution < 1.29 is 0 Å². The Morgan fingerprint density at radius 1 is 1.09 bits per heavy atom. The van der Waals surface area contributed by atoms with Gasteiger partial charge in [0.05, 0.1) is 16.8 Å². The molecule has 1 aliphatic heterocycles. The van der Waals surface area contributed by atoms with E-state index in [0.29, 0.717) is 21.9 Å². The van der Waals surface area contributed by atoms with Gasteiger partial charge in [0.1, 0.15) is 0 Å². The van der Waals surface area contributed by atoms with Crippen LogP contribution in [0.3, 0.4) is 0 Å². The standard InChI is InChI=1S/C18H14BrCl2N/c19-11-6-4-10(5-7-11)17-14-3-1-2-13(14)15-8-12(20)9-16(21)18(15)22-17/h1-2,4-9,13-14,17,22H,3H2/t13-,14+,17-/m0/s1. The van der Waals surface area contributed by atoms with Crippen LogP contribution in [0.5, 0.6) is 0 Å². The number of nitrogens with one attached hydrogen (secondary N) is 1. The number of hydrogen-bond acceptors (Lipinski definition) is 1. The summed E-state index contributed by atoms with van der Waals surface area (Å²) in [5, 5.41) is 5.05. The van der Waals surface area contributed by atoms with E-state index in [2.05, 4.69) is 57.7 Å². The fourth-order valence-electron chi connectivity index (χ4n) is 3.62. The highest BCUT2D eigenvalue weighted by molar-refractivity contribution is 9.10. The van der Waals surface area contributed by atoms with Crippen molar-refractivity contribution in [2.75, 3.05) is 5.32 Å². The van der Waals surface area contributed by atoms with Crippen LogP contribution in [-0.4, -0.2) is 0 Å². The lowest BCUT2D eigenvalue weighted by Gasteiger charge is -2.38. The molecular weight excluding hydrogens is 381 g/mol. The van der Waals surface area contributed by atoms with Crippen LogP contribution in [0.1, 0.15) is 29.5 Å². The van der Waals surface area contributed by atoms with Gasteiger partial charge >= 0.3 is 0 Å². The van der Waals surface area contributed by atoms with Crippen molar-refractivity contribution >= 4 is 44.8 Å². The number of allylic oxidation sites excluding steroid dienone is 2. The molecular formula is C18H14BrCl2N. The van der Waals surface area contributed by atoms with Crippen molar-refractivity contribution in [3.05, 3.63) is 74.2 Å². The second-order valence-corrected chi connectivity index (χ2v) is 7.64. The maximum Gasteiger partial charge on any atom is 0.0655 e. The average Bonchev–Trinajstić information content (AvgIpc) is 2.97. The number of halogens is 3. The lowest BCUT2D eigenvalue weighted by atomic mass is 9.77. The van der Waals surface area contributed by atoms with E-state index in [1.165, 1.54) is 11.1 Å². The normalized spacial score (nSPS) is 25.5. The first-order chi connectivity index (χ1) is 10.6. The predicted octanol–water partition coefficient (Wildman–Crippen LogP) is 6.58. The fraction of sp³-hybridized carbons (Fsp3) is 0.222. The van der Waals surface area contributed by atoms with Crippen LogP contribution in [0.4, 0.5) is 5.69 Å². The molecule has 2 aromatic rings. The molecule has 2 aromatic carbocycles. The summed E-state index contributed by atoms with van der Waals surface area (Å²) in [6.07, 6.45) is 5.64. The summed E-state index contributed by atoms with van der Waals surface area (Å²) in [7, 11) is 0. The largest absolute Gasteiger partial charge is 0.376 e. The molecule has 22 heavy (non-hydrogen) atoms. The highest BCUT2D eigenvalue weighted by Gasteiger charge is 2.38. The average molecular weight is 395 g/mol. The molecule has 0 unspecified atom stereocenters. The molecule has 4 rings (SSSR count).